The fourth-order valence-corrected chi connectivity index (χ4v) is 4.50. The highest BCUT2D eigenvalue weighted by atomic mass is 32.1. The van der Waals surface area contributed by atoms with Crippen molar-refractivity contribution in [1.29, 1.82) is 0 Å². The molecule has 1 heterocycles. The fraction of sp³-hybridized carbons (Fsp3) is 0.368. The van der Waals surface area contributed by atoms with Gasteiger partial charge in [0.2, 0.25) is 0 Å². The Morgan fingerprint density at radius 1 is 1.24 bits per heavy atom. The van der Waals surface area contributed by atoms with Crippen molar-refractivity contribution < 1.29 is 14.7 Å². The number of aliphatic hydroxyl groups is 1. The van der Waals surface area contributed by atoms with Gasteiger partial charge in [-0.25, -0.2) is 0 Å². The Bertz CT molecular complexity index is 770. The number of carbonyl (C=O) groups is 2. The van der Waals surface area contributed by atoms with Crippen LogP contribution in [0, 0.1) is 5.92 Å². The molecule has 1 unspecified atom stereocenters. The van der Waals surface area contributed by atoms with Crippen molar-refractivity contribution in [1.82, 2.24) is 5.32 Å². The van der Waals surface area contributed by atoms with E-state index >= 15 is 0 Å². The summed E-state index contributed by atoms with van der Waals surface area (Å²) in [6.45, 7) is 2.29. The average Bonchev–Trinajstić information content (AvgIpc) is 2.97. The highest BCUT2D eigenvalue weighted by molar-refractivity contribution is 7.17. The number of fused-ring (bicyclic) bond motifs is 1. The van der Waals surface area contributed by atoms with E-state index in [0.717, 1.165) is 24.8 Å². The van der Waals surface area contributed by atoms with Crippen LogP contribution >= 0.6 is 11.3 Å². The van der Waals surface area contributed by atoms with Crippen LogP contribution in [0.4, 0.5) is 5.00 Å². The number of aliphatic hydroxyl groups excluding tert-OH is 1. The summed E-state index contributed by atoms with van der Waals surface area (Å²) in [5, 5.41) is 15.2. The minimum absolute atomic E-state index is 0.110. The van der Waals surface area contributed by atoms with E-state index in [1.54, 1.807) is 12.1 Å². The van der Waals surface area contributed by atoms with Gasteiger partial charge in [0.25, 0.3) is 11.8 Å². The molecule has 0 spiro atoms. The number of hydrogen-bond acceptors (Lipinski definition) is 4. The van der Waals surface area contributed by atoms with E-state index in [-0.39, 0.29) is 25.0 Å². The summed E-state index contributed by atoms with van der Waals surface area (Å²) in [4.78, 5) is 26.3. The Kier molecular flexibility index (Phi) is 5.50. The van der Waals surface area contributed by atoms with E-state index in [1.165, 1.54) is 16.2 Å². The van der Waals surface area contributed by atoms with Crippen LogP contribution in [-0.4, -0.2) is 30.1 Å². The number of carbonyl (C=O) groups excluding carboxylic acids is 2. The standard InChI is InChI=1S/C19H22N2O3S/c1-12-7-8-14-15(11-12)25-19(16(14)18(24)20-9-10-22)21-17(23)13-5-3-2-4-6-13/h2-6,12,22H,7-11H2,1H3,(H,20,24)(H,21,23). The predicted molar refractivity (Wildman–Crippen MR) is 99.3 cm³/mol. The number of thiophene rings is 1. The molecule has 0 saturated heterocycles. The second kappa shape index (κ2) is 7.80. The minimum atomic E-state index is -0.232. The molecule has 25 heavy (non-hydrogen) atoms. The number of benzene rings is 1. The summed E-state index contributed by atoms with van der Waals surface area (Å²) in [5.74, 6) is 0.130. The molecule has 3 rings (SSSR count). The third-order valence-electron chi connectivity index (χ3n) is 4.40. The molecule has 0 bridgehead atoms. The van der Waals surface area contributed by atoms with Crippen molar-refractivity contribution in [3.05, 3.63) is 51.9 Å². The summed E-state index contributed by atoms with van der Waals surface area (Å²) >= 11 is 1.50. The van der Waals surface area contributed by atoms with Gasteiger partial charge < -0.3 is 15.7 Å². The summed E-state index contributed by atoms with van der Waals surface area (Å²) in [5.41, 5.74) is 2.16. The molecule has 2 amide bonds. The van der Waals surface area contributed by atoms with Gasteiger partial charge in [0, 0.05) is 17.0 Å². The smallest absolute Gasteiger partial charge is 0.256 e. The average molecular weight is 358 g/mol. The number of amides is 2. The first-order chi connectivity index (χ1) is 12.1. The largest absolute Gasteiger partial charge is 0.395 e. The van der Waals surface area contributed by atoms with Gasteiger partial charge in [-0.05, 0) is 42.9 Å². The van der Waals surface area contributed by atoms with Gasteiger partial charge in [0.05, 0.1) is 12.2 Å². The lowest BCUT2D eigenvalue weighted by atomic mass is 9.88. The van der Waals surface area contributed by atoms with E-state index in [4.69, 9.17) is 5.11 Å². The molecule has 1 atom stereocenters. The molecule has 6 heteroatoms. The molecule has 0 aliphatic heterocycles. The summed E-state index contributed by atoms with van der Waals surface area (Å²) in [6, 6.07) is 8.97. The highest BCUT2D eigenvalue weighted by Crippen LogP contribution is 2.39. The van der Waals surface area contributed by atoms with Crippen molar-refractivity contribution in [3.8, 4) is 0 Å². The molecule has 0 fully saturated rings. The Hall–Kier alpha value is -2.18. The van der Waals surface area contributed by atoms with Crippen LogP contribution in [0.5, 0.6) is 0 Å². The quantitative estimate of drug-likeness (QED) is 0.769. The third kappa shape index (κ3) is 3.91. The Balaban J connectivity index is 1.92. The Morgan fingerprint density at radius 3 is 2.72 bits per heavy atom. The van der Waals surface area contributed by atoms with Crippen molar-refractivity contribution in [2.75, 3.05) is 18.5 Å². The lowest BCUT2D eigenvalue weighted by Crippen LogP contribution is -2.28. The molecule has 132 valence electrons. The molecule has 2 aromatic rings. The molecule has 1 aromatic carbocycles. The SMILES string of the molecule is CC1CCc2c(sc(NC(=O)c3ccccc3)c2C(=O)NCCO)C1. The molecule has 0 radical (unpaired) electrons. The van der Waals surface area contributed by atoms with E-state index in [1.807, 2.05) is 18.2 Å². The molecule has 0 saturated carbocycles. The van der Waals surface area contributed by atoms with Crippen LogP contribution in [0.1, 0.15) is 44.5 Å². The number of nitrogens with one attached hydrogen (secondary N) is 2. The van der Waals surface area contributed by atoms with Crippen LogP contribution in [0.3, 0.4) is 0 Å². The van der Waals surface area contributed by atoms with Crippen molar-refractivity contribution in [3.63, 3.8) is 0 Å². The van der Waals surface area contributed by atoms with Crippen LogP contribution in [0.15, 0.2) is 30.3 Å². The van der Waals surface area contributed by atoms with Crippen molar-refractivity contribution >= 4 is 28.2 Å². The molecule has 3 N–H and O–H groups in total. The van der Waals surface area contributed by atoms with E-state index in [9.17, 15) is 9.59 Å². The van der Waals surface area contributed by atoms with E-state index in [2.05, 4.69) is 17.6 Å². The zero-order chi connectivity index (χ0) is 17.8. The maximum atomic E-state index is 12.6. The molecular formula is C19H22N2O3S. The molecule has 1 aliphatic carbocycles. The topological polar surface area (TPSA) is 78.4 Å². The van der Waals surface area contributed by atoms with Crippen LogP contribution in [-0.2, 0) is 12.8 Å². The normalized spacial score (nSPS) is 16.2. The zero-order valence-electron chi connectivity index (χ0n) is 14.2. The monoisotopic (exact) mass is 358 g/mol. The molecule has 5 nitrogen and oxygen atoms in total. The van der Waals surface area contributed by atoms with Gasteiger partial charge >= 0.3 is 0 Å². The number of anilines is 1. The Morgan fingerprint density at radius 2 is 2.00 bits per heavy atom. The van der Waals surface area contributed by atoms with Crippen LogP contribution in [0.25, 0.3) is 0 Å². The molecule has 1 aliphatic rings. The number of hydrogen-bond donors (Lipinski definition) is 3. The van der Waals surface area contributed by atoms with Gasteiger partial charge in [-0.3, -0.25) is 9.59 Å². The first kappa shape index (κ1) is 17.6. The maximum Gasteiger partial charge on any atom is 0.256 e. The third-order valence-corrected chi connectivity index (χ3v) is 5.57. The van der Waals surface area contributed by atoms with Crippen molar-refractivity contribution in [2.24, 2.45) is 5.92 Å². The Labute approximate surface area is 151 Å². The lowest BCUT2D eigenvalue weighted by Gasteiger charge is -2.18. The van der Waals surface area contributed by atoms with Gasteiger partial charge in [0.1, 0.15) is 5.00 Å². The van der Waals surface area contributed by atoms with Gasteiger partial charge in [-0.15, -0.1) is 11.3 Å². The second-order valence-corrected chi connectivity index (χ2v) is 7.46. The van der Waals surface area contributed by atoms with Crippen LogP contribution in [0.2, 0.25) is 0 Å². The molecular weight excluding hydrogens is 336 g/mol. The minimum Gasteiger partial charge on any atom is -0.395 e. The highest BCUT2D eigenvalue weighted by Gasteiger charge is 2.28. The van der Waals surface area contributed by atoms with Gasteiger partial charge in [-0.1, -0.05) is 25.1 Å². The van der Waals surface area contributed by atoms with E-state index in [0.29, 0.717) is 22.0 Å². The van der Waals surface area contributed by atoms with Gasteiger partial charge in [0.15, 0.2) is 0 Å². The summed E-state index contributed by atoms with van der Waals surface area (Å²) in [7, 11) is 0. The zero-order valence-corrected chi connectivity index (χ0v) is 15.0. The maximum absolute atomic E-state index is 12.6. The molecule has 1 aromatic heterocycles. The van der Waals surface area contributed by atoms with Gasteiger partial charge in [-0.2, -0.15) is 0 Å². The van der Waals surface area contributed by atoms with Crippen LogP contribution < -0.4 is 10.6 Å². The van der Waals surface area contributed by atoms with Crippen molar-refractivity contribution in [2.45, 2.75) is 26.2 Å². The second-order valence-electron chi connectivity index (χ2n) is 6.36. The number of rotatable bonds is 5. The fourth-order valence-electron chi connectivity index (χ4n) is 3.10. The first-order valence-electron chi connectivity index (χ1n) is 8.50. The lowest BCUT2D eigenvalue weighted by molar-refractivity contribution is 0.0944. The first-order valence-corrected chi connectivity index (χ1v) is 9.31. The van der Waals surface area contributed by atoms with E-state index < -0.39 is 0 Å². The summed E-state index contributed by atoms with van der Waals surface area (Å²) < 4.78 is 0. The predicted octanol–water partition coefficient (Wildman–Crippen LogP) is 2.85. The summed E-state index contributed by atoms with van der Waals surface area (Å²) in [6.07, 6.45) is 2.81.